The summed E-state index contributed by atoms with van der Waals surface area (Å²) < 4.78 is 12.0. The second-order valence-electron chi connectivity index (χ2n) is 6.14. The minimum absolute atomic E-state index is 0.0786. The standard InChI is InChI=1S/C19H16ClNO3S2/c20-13-4-1-3-12(9-13)16-7-6-14(24-16)10-17-18(22)21(19(25)26-17)11-15-5-2-8-23-15/h1,3-4,6-7,9-10,15H,2,5,8,11H2/b17-10-/t15-/m0/s1. The molecule has 0 radical (unpaired) electrons. The van der Waals surface area contributed by atoms with Crippen LogP contribution in [0.15, 0.2) is 45.7 Å². The third kappa shape index (κ3) is 3.74. The number of furan rings is 1. The quantitative estimate of drug-likeness (QED) is 0.530. The van der Waals surface area contributed by atoms with E-state index in [0.29, 0.717) is 32.3 Å². The summed E-state index contributed by atoms with van der Waals surface area (Å²) in [5.74, 6) is 1.22. The molecule has 2 fully saturated rings. The van der Waals surface area contributed by atoms with E-state index in [1.54, 1.807) is 11.0 Å². The number of thioether (sulfide) groups is 1. The lowest BCUT2D eigenvalue weighted by atomic mass is 10.2. The van der Waals surface area contributed by atoms with Crippen LogP contribution < -0.4 is 0 Å². The predicted octanol–water partition coefficient (Wildman–Crippen LogP) is 4.98. The average molecular weight is 406 g/mol. The van der Waals surface area contributed by atoms with Gasteiger partial charge in [-0.05, 0) is 37.1 Å². The Bertz CT molecular complexity index is 886. The Morgan fingerprint density at radius 2 is 2.23 bits per heavy atom. The number of hydrogen-bond donors (Lipinski definition) is 0. The van der Waals surface area contributed by atoms with Crippen LogP contribution in [-0.4, -0.2) is 34.4 Å². The lowest BCUT2D eigenvalue weighted by Crippen LogP contribution is -2.35. The number of ether oxygens (including phenoxy) is 1. The Morgan fingerprint density at radius 3 is 3.00 bits per heavy atom. The topological polar surface area (TPSA) is 42.7 Å². The third-order valence-corrected chi connectivity index (χ3v) is 5.91. The van der Waals surface area contributed by atoms with Crippen LogP contribution in [-0.2, 0) is 9.53 Å². The van der Waals surface area contributed by atoms with E-state index in [0.717, 1.165) is 25.0 Å². The number of thiocarbonyl (C=S) groups is 1. The van der Waals surface area contributed by atoms with Gasteiger partial charge < -0.3 is 9.15 Å². The monoisotopic (exact) mass is 405 g/mol. The van der Waals surface area contributed by atoms with Crippen molar-refractivity contribution in [3.05, 3.63) is 52.1 Å². The fourth-order valence-electron chi connectivity index (χ4n) is 3.01. The Kier molecular flexibility index (Phi) is 5.18. The maximum absolute atomic E-state index is 12.7. The summed E-state index contributed by atoms with van der Waals surface area (Å²) in [7, 11) is 0. The number of carbonyl (C=O) groups is 1. The van der Waals surface area contributed by atoms with Gasteiger partial charge in [0.15, 0.2) is 0 Å². The fraction of sp³-hybridized carbons (Fsp3) is 0.263. The lowest BCUT2D eigenvalue weighted by molar-refractivity contribution is -0.123. The van der Waals surface area contributed by atoms with Gasteiger partial charge in [0.25, 0.3) is 5.91 Å². The molecule has 3 heterocycles. The number of hydrogen-bond acceptors (Lipinski definition) is 5. The molecule has 134 valence electrons. The van der Waals surface area contributed by atoms with Crippen LogP contribution in [0.4, 0.5) is 0 Å². The van der Waals surface area contributed by atoms with Gasteiger partial charge >= 0.3 is 0 Å². The second kappa shape index (κ2) is 7.56. The van der Waals surface area contributed by atoms with Crippen LogP contribution in [0.25, 0.3) is 17.4 Å². The highest BCUT2D eigenvalue weighted by Crippen LogP contribution is 2.34. The molecule has 0 saturated carbocycles. The van der Waals surface area contributed by atoms with Gasteiger partial charge in [0.05, 0.1) is 17.6 Å². The largest absolute Gasteiger partial charge is 0.457 e. The number of amides is 1. The average Bonchev–Trinajstić information content (AvgIpc) is 3.34. The van der Waals surface area contributed by atoms with Crippen LogP contribution >= 0.6 is 35.6 Å². The number of nitrogens with zero attached hydrogens (tertiary/aromatic N) is 1. The summed E-state index contributed by atoms with van der Waals surface area (Å²) in [5, 5.41) is 0.649. The molecule has 2 aromatic rings. The van der Waals surface area contributed by atoms with Gasteiger partial charge in [0, 0.05) is 23.3 Å². The molecule has 0 bridgehead atoms. The van der Waals surface area contributed by atoms with E-state index in [-0.39, 0.29) is 12.0 Å². The third-order valence-electron chi connectivity index (χ3n) is 4.29. The highest BCUT2D eigenvalue weighted by atomic mass is 35.5. The first-order chi connectivity index (χ1) is 12.6. The summed E-state index contributed by atoms with van der Waals surface area (Å²) in [4.78, 5) is 14.9. The van der Waals surface area contributed by atoms with Crippen LogP contribution in [0.5, 0.6) is 0 Å². The summed E-state index contributed by atoms with van der Waals surface area (Å²) in [6, 6.07) is 11.2. The molecule has 0 aliphatic carbocycles. The molecular formula is C19H16ClNO3S2. The van der Waals surface area contributed by atoms with E-state index < -0.39 is 0 Å². The van der Waals surface area contributed by atoms with Crippen LogP contribution in [0.2, 0.25) is 5.02 Å². The first kappa shape index (κ1) is 17.8. The van der Waals surface area contributed by atoms with Gasteiger partial charge in [-0.1, -0.05) is 47.7 Å². The minimum Gasteiger partial charge on any atom is -0.457 e. The SMILES string of the molecule is O=C1/C(=C/c2ccc(-c3cccc(Cl)c3)o2)SC(=S)N1C[C@@H]1CCCO1. The molecular weight excluding hydrogens is 390 g/mol. The zero-order chi connectivity index (χ0) is 18.1. The zero-order valence-electron chi connectivity index (χ0n) is 13.8. The molecule has 1 aromatic heterocycles. The van der Waals surface area contributed by atoms with Crippen molar-refractivity contribution in [2.45, 2.75) is 18.9 Å². The maximum atomic E-state index is 12.7. The van der Waals surface area contributed by atoms with Gasteiger partial charge in [-0.3, -0.25) is 9.69 Å². The van der Waals surface area contributed by atoms with Crippen molar-refractivity contribution in [1.29, 1.82) is 0 Å². The van der Waals surface area contributed by atoms with Gasteiger partial charge in [-0.15, -0.1) is 0 Å². The lowest BCUT2D eigenvalue weighted by Gasteiger charge is -2.18. The van der Waals surface area contributed by atoms with Crippen molar-refractivity contribution in [3.63, 3.8) is 0 Å². The minimum atomic E-state index is -0.0868. The maximum Gasteiger partial charge on any atom is 0.266 e. The second-order valence-corrected chi connectivity index (χ2v) is 8.25. The van der Waals surface area contributed by atoms with E-state index in [4.69, 9.17) is 33.0 Å². The van der Waals surface area contributed by atoms with E-state index in [2.05, 4.69) is 0 Å². The summed E-state index contributed by atoms with van der Waals surface area (Å²) >= 11 is 12.7. The number of benzene rings is 1. The van der Waals surface area contributed by atoms with E-state index in [1.165, 1.54) is 11.8 Å². The van der Waals surface area contributed by atoms with Gasteiger partial charge in [-0.2, -0.15) is 0 Å². The predicted molar refractivity (Wildman–Crippen MR) is 108 cm³/mol. The van der Waals surface area contributed by atoms with Crippen molar-refractivity contribution in [2.24, 2.45) is 0 Å². The molecule has 2 saturated heterocycles. The first-order valence-corrected chi connectivity index (χ1v) is 9.93. The molecule has 26 heavy (non-hydrogen) atoms. The Balaban J connectivity index is 1.51. The molecule has 0 spiro atoms. The van der Waals surface area contributed by atoms with Crippen LogP contribution in [0.1, 0.15) is 18.6 Å². The number of rotatable bonds is 4. The molecule has 2 aliphatic heterocycles. The van der Waals surface area contributed by atoms with Crippen molar-refractivity contribution >= 4 is 51.9 Å². The summed E-state index contributed by atoms with van der Waals surface area (Å²) in [5.41, 5.74) is 0.892. The van der Waals surface area contributed by atoms with Crippen molar-refractivity contribution in [3.8, 4) is 11.3 Å². The smallest absolute Gasteiger partial charge is 0.266 e. The normalized spacial score (nSPS) is 22.0. The number of carbonyl (C=O) groups excluding carboxylic acids is 1. The Hall–Kier alpha value is -1.60. The molecule has 1 atom stereocenters. The Morgan fingerprint density at radius 1 is 1.35 bits per heavy atom. The zero-order valence-corrected chi connectivity index (χ0v) is 16.2. The van der Waals surface area contributed by atoms with Crippen molar-refractivity contribution in [2.75, 3.05) is 13.2 Å². The van der Waals surface area contributed by atoms with Crippen molar-refractivity contribution < 1.29 is 13.9 Å². The molecule has 4 nitrogen and oxygen atoms in total. The summed E-state index contributed by atoms with van der Waals surface area (Å²) in [6.45, 7) is 1.28. The fourth-order valence-corrected chi connectivity index (χ4v) is 4.45. The highest BCUT2D eigenvalue weighted by Gasteiger charge is 2.34. The molecule has 2 aliphatic rings. The first-order valence-electron chi connectivity index (χ1n) is 8.33. The van der Waals surface area contributed by atoms with E-state index in [1.807, 2.05) is 36.4 Å². The molecule has 7 heteroatoms. The van der Waals surface area contributed by atoms with Gasteiger partial charge in [-0.25, -0.2) is 0 Å². The van der Waals surface area contributed by atoms with Crippen molar-refractivity contribution in [1.82, 2.24) is 4.90 Å². The molecule has 0 unspecified atom stereocenters. The molecule has 1 amide bonds. The van der Waals surface area contributed by atoms with E-state index in [9.17, 15) is 4.79 Å². The molecule has 4 rings (SSSR count). The van der Waals surface area contributed by atoms with Crippen LogP contribution in [0.3, 0.4) is 0 Å². The summed E-state index contributed by atoms with van der Waals surface area (Å²) in [6.07, 6.45) is 3.82. The van der Waals surface area contributed by atoms with Crippen LogP contribution in [0, 0.1) is 0 Å². The van der Waals surface area contributed by atoms with Gasteiger partial charge in [0.1, 0.15) is 15.8 Å². The number of halogens is 1. The Labute approximate surface area is 166 Å². The van der Waals surface area contributed by atoms with Gasteiger partial charge in [0.2, 0.25) is 0 Å². The van der Waals surface area contributed by atoms with E-state index >= 15 is 0 Å². The molecule has 0 N–H and O–H groups in total. The highest BCUT2D eigenvalue weighted by molar-refractivity contribution is 8.26. The molecule has 1 aromatic carbocycles.